The van der Waals surface area contributed by atoms with Gasteiger partial charge in [-0.1, -0.05) is 19.3 Å². The van der Waals surface area contributed by atoms with Gasteiger partial charge in [0.25, 0.3) is 0 Å². The number of thioether (sulfide) groups is 1. The van der Waals surface area contributed by atoms with Crippen LogP contribution in [0.5, 0.6) is 0 Å². The first kappa shape index (κ1) is 17.4. The number of hydrogen-bond donors (Lipinski definition) is 1. The highest BCUT2D eigenvalue weighted by atomic mass is 32.2. The number of rotatable bonds is 2. The lowest BCUT2D eigenvalue weighted by atomic mass is 9.85. The summed E-state index contributed by atoms with van der Waals surface area (Å²) in [5.74, 6) is 0.999. The molecule has 0 bridgehead atoms. The molecule has 1 N–H and O–H groups in total. The molecular weight excluding hydrogens is 334 g/mol. The monoisotopic (exact) mass is 363 g/mol. The zero-order valence-electron chi connectivity index (χ0n) is 15.1. The smallest absolute Gasteiger partial charge is 0.243 e. The minimum Gasteiger partial charge on any atom is -0.315 e. The first-order chi connectivity index (χ1) is 12.2. The standard InChI is InChI=1S/C18H29N5OS/c1-13-16(14-5-3-2-4-6-14)25-18(20-13)23-10-9-22-8-7-21(12-19)11-15(22)17(23)24/h13-16,18,20H,2-11H2,1H3/t13?,15-,16?,18?/m1/s1. The van der Waals surface area contributed by atoms with Crippen LogP contribution in [0.15, 0.2) is 0 Å². The van der Waals surface area contributed by atoms with Gasteiger partial charge in [-0.2, -0.15) is 5.26 Å². The number of hydrogen-bond acceptors (Lipinski definition) is 6. The van der Waals surface area contributed by atoms with E-state index >= 15 is 0 Å². The van der Waals surface area contributed by atoms with Crippen molar-refractivity contribution in [2.75, 3.05) is 32.7 Å². The zero-order chi connectivity index (χ0) is 17.4. The van der Waals surface area contributed by atoms with Crippen LogP contribution in [0.3, 0.4) is 0 Å². The third kappa shape index (κ3) is 3.36. The van der Waals surface area contributed by atoms with Crippen LogP contribution in [-0.2, 0) is 4.79 Å². The summed E-state index contributed by atoms with van der Waals surface area (Å²) in [5, 5.41) is 13.5. The van der Waals surface area contributed by atoms with Gasteiger partial charge in [-0.25, -0.2) is 0 Å². The Balaban J connectivity index is 1.42. The molecule has 4 rings (SSSR count). The fourth-order valence-electron chi connectivity index (χ4n) is 4.96. The average Bonchev–Trinajstić information content (AvgIpc) is 3.04. The van der Waals surface area contributed by atoms with E-state index in [4.69, 9.17) is 0 Å². The maximum atomic E-state index is 13.1. The van der Waals surface area contributed by atoms with Gasteiger partial charge in [-0.3, -0.25) is 15.0 Å². The van der Waals surface area contributed by atoms with Gasteiger partial charge in [-0.15, -0.1) is 11.8 Å². The summed E-state index contributed by atoms with van der Waals surface area (Å²) in [7, 11) is 0. The topological polar surface area (TPSA) is 62.6 Å². The normalized spacial score (nSPS) is 37.8. The van der Waals surface area contributed by atoms with Crippen molar-refractivity contribution in [2.45, 2.75) is 61.9 Å². The number of nitrogens with one attached hydrogen (secondary N) is 1. The van der Waals surface area contributed by atoms with Crippen molar-refractivity contribution >= 4 is 17.7 Å². The summed E-state index contributed by atoms with van der Waals surface area (Å²) < 4.78 is 0. The van der Waals surface area contributed by atoms with Crippen LogP contribution < -0.4 is 5.32 Å². The second kappa shape index (κ2) is 7.34. The molecule has 3 aliphatic heterocycles. The third-order valence-corrected chi connectivity index (χ3v) is 8.17. The predicted molar refractivity (Wildman–Crippen MR) is 98.6 cm³/mol. The Morgan fingerprint density at radius 1 is 1.16 bits per heavy atom. The van der Waals surface area contributed by atoms with E-state index in [2.05, 4.69) is 23.3 Å². The van der Waals surface area contributed by atoms with Gasteiger partial charge < -0.3 is 9.80 Å². The Kier molecular flexibility index (Phi) is 5.12. The first-order valence-corrected chi connectivity index (χ1v) is 10.7. The Morgan fingerprint density at radius 2 is 1.92 bits per heavy atom. The van der Waals surface area contributed by atoms with E-state index in [1.165, 1.54) is 32.1 Å². The second-order valence-electron chi connectivity index (χ2n) is 7.94. The van der Waals surface area contributed by atoms with E-state index in [0.717, 1.165) is 32.1 Å². The predicted octanol–water partition coefficient (Wildman–Crippen LogP) is 1.25. The summed E-state index contributed by atoms with van der Waals surface area (Å²) in [6.45, 7) is 6.13. The molecule has 3 heterocycles. The molecule has 4 atom stereocenters. The molecule has 0 radical (unpaired) electrons. The lowest BCUT2D eigenvalue weighted by molar-refractivity contribution is -0.145. The van der Waals surface area contributed by atoms with Crippen molar-refractivity contribution in [1.29, 1.82) is 5.26 Å². The van der Waals surface area contributed by atoms with E-state index in [1.54, 1.807) is 4.90 Å². The van der Waals surface area contributed by atoms with Crippen molar-refractivity contribution in [2.24, 2.45) is 5.92 Å². The summed E-state index contributed by atoms with van der Waals surface area (Å²) in [6, 6.07) is 0.319. The first-order valence-electron chi connectivity index (χ1n) is 9.78. The van der Waals surface area contributed by atoms with Gasteiger partial charge >= 0.3 is 0 Å². The maximum absolute atomic E-state index is 13.1. The molecule has 0 spiro atoms. The van der Waals surface area contributed by atoms with Crippen molar-refractivity contribution < 1.29 is 4.79 Å². The Labute approximate surface area is 154 Å². The molecule has 1 aliphatic carbocycles. The van der Waals surface area contributed by atoms with Crippen molar-refractivity contribution in [3.05, 3.63) is 0 Å². The fraction of sp³-hybridized carbons (Fsp3) is 0.889. The Morgan fingerprint density at radius 3 is 2.68 bits per heavy atom. The zero-order valence-corrected chi connectivity index (χ0v) is 15.9. The summed E-state index contributed by atoms with van der Waals surface area (Å²) >= 11 is 1.98. The molecule has 4 aliphatic rings. The van der Waals surface area contributed by atoms with Gasteiger partial charge in [0.1, 0.15) is 11.5 Å². The SMILES string of the molecule is CC1NC(N2CCN3CCN(C#N)C[C@@H]3C2=O)SC1C1CCCCC1. The molecule has 0 aromatic carbocycles. The van der Waals surface area contributed by atoms with Gasteiger partial charge in [0.2, 0.25) is 5.91 Å². The highest BCUT2D eigenvalue weighted by Gasteiger charge is 2.45. The van der Waals surface area contributed by atoms with Gasteiger partial charge in [0, 0.05) is 37.5 Å². The van der Waals surface area contributed by atoms with Gasteiger partial charge in [-0.05, 0) is 25.7 Å². The molecule has 6 nitrogen and oxygen atoms in total. The van der Waals surface area contributed by atoms with E-state index in [-0.39, 0.29) is 17.4 Å². The summed E-state index contributed by atoms with van der Waals surface area (Å²) in [4.78, 5) is 19.1. The quantitative estimate of drug-likeness (QED) is 0.745. The van der Waals surface area contributed by atoms with Crippen molar-refractivity contribution in [3.8, 4) is 6.19 Å². The van der Waals surface area contributed by atoms with E-state index < -0.39 is 0 Å². The number of amides is 1. The molecular formula is C18H29N5OS. The van der Waals surface area contributed by atoms with E-state index in [1.807, 2.05) is 16.7 Å². The van der Waals surface area contributed by atoms with Crippen LogP contribution in [0, 0.1) is 17.4 Å². The van der Waals surface area contributed by atoms with E-state index in [9.17, 15) is 10.1 Å². The lowest BCUT2D eigenvalue weighted by Crippen LogP contribution is -2.66. The van der Waals surface area contributed by atoms with Gasteiger partial charge in [0.15, 0.2) is 6.19 Å². The largest absolute Gasteiger partial charge is 0.315 e. The Hall–Kier alpha value is -0.970. The molecule has 138 valence electrons. The van der Waals surface area contributed by atoms with Crippen LogP contribution in [0.4, 0.5) is 0 Å². The Bertz CT molecular complexity index is 546. The van der Waals surface area contributed by atoms with Crippen LogP contribution in [0.2, 0.25) is 0 Å². The molecule has 0 aromatic heterocycles. The average molecular weight is 364 g/mol. The maximum Gasteiger partial charge on any atom is 0.243 e. The molecule has 0 aromatic rings. The molecule has 3 unspecified atom stereocenters. The number of nitriles is 1. The number of nitrogens with zero attached hydrogens (tertiary/aromatic N) is 4. The third-order valence-electron chi connectivity index (χ3n) is 6.41. The highest BCUT2D eigenvalue weighted by Crippen LogP contribution is 2.41. The molecule has 3 saturated heterocycles. The molecule has 1 saturated carbocycles. The summed E-state index contributed by atoms with van der Waals surface area (Å²) in [6.07, 6.45) is 9.02. The molecule has 7 heteroatoms. The molecule has 1 amide bonds. The number of carbonyl (C=O) groups is 1. The summed E-state index contributed by atoms with van der Waals surface area (Å²) in [5.41, 5.74) is 0.106. The van der Waals surface area contributed by atoms with Crippen molar-refractivity contribution in [1.82, 2.24) is 20.0 Å². The van der Waals surface area contributed by atoms with Crippen LogP contribution >= 0.6 is 11.8 Å². The number of carbonyl (C=O) groups excluding carboxylic acids is 1. The molecule has 4 fully saturated rings. The van der Waals surface area contributed by atoms with Gasteiger partial charge in [0.05, 0.1) is 6.54 Å². The van der Waals surface area contributed by atoms with Crippen LogP contribution in [0.1, 0.15) is 39.0 Å². The van der Waals surface area contributed by atoms with Crippen LogP contribution in [0.25, 0.3) is 0 Å². The number of fused-ring (bicyclic) bond motifs is 1. The lowest BCUT2D eigenvalue weighted by Gasteiger charge is -2.46. The highest BCUT2D eigenvalue weighted by molar-refractivity contribution is 8.00. The second-order valence-corrected chi connectivity index (χ2v) is 9.20. The van der Waals surface area contributed by atoms with Crippen LogP contribution in [-0.4, -0.2) is 76.2 Å². The minimum atomic E-state index is -0.145. The molecule has 25 heavy (non-hydrogen) atoms. The van der Waals surface area contributed by atoms with E-state index in [0.29, 0.717) is 17.8 Å². The fourth-order valence-corrected chi connectivity index (χ4v) is 6.71. The number of piperazine rings is 2. The van der Waals surface area contributed by atoms with Crippen molar-refractivity contribution in [3.63, 3.8) is 0 Å². The minimum absolute atomic E-state index is 0.106.